The highest BCUT2D eigenvalue weighted by Gasteiger charge is 2.17. The third-order valence-corrected chi connectivity index (χ3v) is 3.01. The van der Waals surface area contributed by atoms with Crippen LogP contribution in [-0.4, -0.2) is 27.4 Å². The zero-order chi connectivity index (χ0) is 14.5. The molecular formula is C12H11BrF2N4O. The summed E-state index contributed by atoms with van der Waals surface area (Å²) in [6.45, 7) is 0.846. The number of nitrogens with one attached hydrogen (secondary N) is 1. The first-order valence-corrected chi connectivity index (χ1v) is 6.64. The molecule has 0 aliphatic carbocycles. The number of amides is 1. The van der Waals surface area contributed by atoms with E-state index in [1.54, 1.807) is 17.1 Å². The third-order valence-electron chi connectivity index (χ3n) is 2.56. The third kappa shape index (κ3) is 3.60. The highest BCUT2D eigenvalue weighted by molar-refractivity contribution is 9.10. The molecule has 8 heteroatoms. The standard InChI is InChI=1S/C12H11BrF2N4O/c13-8-6-9(14)11(10(15)7-8)12(20)16-2-1-4-19-5-3-17-18-19/h3,5-7H,1-2,4H2,(H,16,20). The summed E-state index contributed by atoms with van der Waals surface area (Å²) in [6.07, 6.45) is 3.82. The van der Waals surface area contributed by atoms with Gasteiger partial charge in [0.25, 0.3) is 5.91 Å². The summed E-state index contributed by atoms with van der Waals surface area (Å²) in [4.78, 5) is 11.7. The number of halogens is 3. The fourth-order valence-corrected chi connectivity index (χ4v) is 2.04. The lowest BCUT2D eigenvalue weighted by molar-refractivity contribution is 0.0944. The molecule has 5 nitrogen and oxygen atoms in total. The average Bonchev–Trinajstić information content (AvgIpc) is 2.86. The van der Waals surface area contributed by atoms with Gasteiger partial charge in [0.2, 0.25) is 0 Å². The smallest absolute Gasteiger partial charge is 0.257 e. The van der Waals surface area contributed by atoms with Gasteiger partial charge in [-0.3, -0.25) is 9.48 Å². The molecule has 1 aromatic heterocycles. The van der Waals surface area contributed by atoms with Crippen molar-refractivity contribution in [1.82, 2.24) is 20.3 Å². The second-order valence-corrected chi connectivity index (χ2v) is 4.94. The lowest BCUT2D eigenvalue weighted by Crippen LogP contribution is -2.27. The van der Waals surface area contributed by atoms with Crippen LogP contribution in [0.2, 0.25) is 0 Å². The van der Waals surface area contributed by atoms with Gasteiger partial charge in [0.05, 0.1) is 6.20 Å². The van der Waals surface area contributed by atoms with Gasteiger partial charge in [0.1, 0.15) is 17.2 Å². The molecular weight excluding hydrogens is 334 g/mol. The Balaban J connectivity index is 1.89. The number of hydrogen-bond donors (Lipinski definition) is 1. The Morgan fingerprint density at radius 1 is 1.35 bits per heavy atom. The molecule has 0 radical (unpaired) electrons. The van der Waals surface area contributed by atoms with Gasteiger partial charge < -0.3 is 5.32 Å². The van der Waals surface area contributed by atoms with Crippen molar-refractivity contribution >= 4 is 21.8 Å². The monoisotopic (exact) mass is 344 g/mol. The van der Waals surface area contributed by atoms with Crippen molar-refractivity contribution < 1.29 is 13.6 Å². The van der Waals surface area contributed by atoms with Crippen LogP contribution in [0.15, 0.2) is 29.0 Å². The Bertz CT molecular complexity index is 581. The van der Waals surface area contributed by atoms with Gasteiger partial charge in [-0.05, 0) is 18.6 Å². The highest BCUT2D eigenvalue weighted by Crippen LogP contribution is 2.19. The van der Waals surface area contributed by atoms with E-state index in [2.05, 4.69) is 31.6 Å². The SMILES string of the molecule is O=C(NCCCn1ccnn1)c1c(F)cc(Br)cc1F. The van der Waals surface area contributed by atoms with Crippen LogP contribution >= 0.6 is 15.9 Å². The van der Waals surface area contributed by atoms with E-state index < -0.39 is 23.1 Å². The fourth-order valence-electron chi connectivity index (χ4n) is 1.64. The van der Waals surface area contributed by atoms with Crippen LogP contribution in [0.3, 0.4) is 0 Å². The number of aromatic nitrogens is 3. The summed E-state index contributed by atoms with van der Waals surface area (Å²) in [5.74, 6) is -2.57. The minimum absolute atomic E-state index is 0.246. The van der Waals surface area contributed by atoms with E-state index in [-0.39, 0.29) is 11.0 Å². The Kier molecular flexibility index (Phi) is 4.78. The molecule has 2 rings (SSSR count). The second-order valence-electron chi connectivity index (χ2n) is 4.02. The summed E-state index contributed by atoms with van der Waals surface area (Å²) in [5, 5.41) is 9.86. The first-order valence-electron chi connectivity index (χ1n) is 5.85. The Labute approximate surface area is 122 Å². The lowest BCUT2D eigenvalue weighted by Gasteiger charge is -2.07. The molecule has 20 heavy (non-hydrogen) atoms. The number of rotatable bonds is 5. The maximum absolute atomic E-state index is 13.5. The van der Waals surface area contributed by atoms with Crippen LogP contribution < -0.4 is 5.32 Å². The summed E-state index contributed by atoms with van der Waals surface area (Å²) in [5.41, 5.74) is -0.575. The van der Waals surface area contributed by atoms with Gasteiger partial charge in [0.15, 0.2) is 0 Å². The van der Waals surface area contributed by atoms with Crippen LogP contribution in [0, 0.1) is 11.6 Å². The minimum Gasteiger partial charge on any atom is -0.352 e. The maximum Gasteiger partial charge on any atom is 0.257 e. The first-order chi connectivity index (χ1) is 9.58. The van der Waals surface area contributed by atoms with Gasteiger partial charge >= 0.3 is 0 Å². The fraction of sp³-hybridized carbons (Fsp3) is 0.250. The maximum atomic E-state index is 13.5. The average molecular weight is 345 g/mol. The molecule has 0 spiro atoms. The van der Waals surface area contributed by atoms with Gasteiger partial charge in [-0.1, -0.05) is 21.1 Å². The molecule has 0 unspecified atom stereocenters. The molecule has 0 fully saturated rings. The van der Waals surface area contributed by atoms with E-state index in [0.29, 0.717) is 13.0 Å². The summed E-state index contributed by atoms with van der Waals surface area (Å²) in [6, 6.07) is 2.10. The van der Waals surface area contributed by atoms with Crippen molar-refractivity contribution in [3.63, 3.8) is 0 Å². The van der Waals surface area contributed by atoms with Crippen LogP contribution in [0.5, 0.6) is 0 Å². The molecule has 2 aromatic rings. The second kappa shape index (κ2) is 6.56. The van der Waals surface area contributed by atoms with Gasteiger partial charge in [-0.2, -0.15) is 0 Å². The van der Waals surface area contributed by atoms with Crippen LogP contribution in [0.25, 0.3) is 0 Å². The predicted octanol–water partition coefficient (Wildman–Crippen LogP) is 2.14. The number of benzene rings is 1. The quantitative estimate of drug-likeness (QED) is 0.845. The largest absolute Gasteiger partial charge is 0.352 e. The van der Waals surface area contributed by atoms with Gasteiger partial charge in [-0.25, -0.2) is 8.78 Å². The van der Waals surface area contributed by atoms with E-state index in [0.717, 1.165) is 12.1 Å². The molecule has 1 heterocycles. The molecule has 1 N–H and O–H groups in total. The van der Waals surface area contributed by atoms with Crippen molar-refractivity contribution in [2.24, 2.45) is 0 Å². The van der Waals surface area contributed by atoms with E-state index in [1.165, 1.54) is 0 Å². The highest BCUT2D eigenvalue weighted by atomic mass is 79.9. The molecule has 0 aliphatic rings. The van der Waals surface area contributed by atoms with Crippen LogP contribution in [-0.2, 0) is 6.54 Å². The van der Waals surface area contributed by atoms with E-state index in [4.69, 9.17) is 0 Å². The van der Waals surface area contributed by atoms with Crippen molar-refractivity contribution in [3.05, 3.63) is 46.2 Å². The molecule has 106 valence electrons. The van der Waals surface area contributed by atoms with Crippen LogP contribution in [0.4, 0.5) is 8.78 Å². The van der Waals surface area contributed by atoms with Crippen molar-refractivity contribution in [2.45, 2.75) is 13.0 Å². The minimum atomic E-state index is -0.898. The van der Waals surface area contributed by atoms with E-state index in [1.807, 2.05) is 0 Å². The summed E-state index contributed by atoms with van der Waals surface area (Å²) in [7, 11) is 0. The molecule has 0 saturated carbocycles. The zero-order valence-corrected chi connectivity index (χ0v) is 11.9. The molecule has 1 aromatic carbocycles. The molecule has 0 atom stereocenters. The van der Waals surface area contributed by atoms with Crippen molar-refractivity contribution in [2.75, 3.05) is 6.54 Å². The molecule has 0 bridgehead atoms. The summed E-state index contributed by atoms with van der Waals surface area (Å²) >= 11 is 2.95. The van der Waals surface area contributed by atoms with Crippen LogP contribution in [0.1, 0.15) is 16.8 Å². The number of carbonyl (C=O) groups excluding carboxylic acids is 1. The Morgan fingerprint density at radius 3 is 2.65 bits per heavy atom. The molecule has 1 amide bonds. The predicted molar refractivity (Wildman–Crippen MR) is 71.0 cm³/mol. The normalized spacial score (nSPS) is 10.6. The Hall–Kier alpha value is -1.83. The number of aryl methyl sites for hydroxylation is 1. The topological polar surface area (TPSA) is 59.8 Å². The van der Waals surface area contributed by atoms with Gasteiger partial charge in [0, 0.05) is 23.8 Å². The van der Waals surface area contributed by atoms with Crippen molar-refractivity contribution in [3.8, 4) is 0 Å². The Morgan fingerprint density at radius 2 is 2.05 bits per heavy atom. The van der Waals surface area contributed by atoms with E-state index >= 15 is 0 Å². The number of hydrogen-bond acceptors (Lipinski definition) is 3. The summed E-state index contributed by atoms with van der Waals surface area (Å²) < 4.78 is 28.9. The zero-order valence-electron chi connectivity index (χ0n) is 10.3. The number of nitrogens with zero attached hydrogens (tertiary/aromatic N) is 3. The number of carbonyl (C=O) groups is 1. The van der Waals surface area contributed by atoms with E-state index in [9.17, 15) is 13.6 Å². The lowest BCUT2D eigenvalue weighted by atomic mass is 10.2. The molecule has 0 aliphatic heterocycles. The van der Waals surface area contributed by atoms with Gasteiger partial charge in [-0.15, -0.1) is 5.10 Å². The first kappa shape index (κ1) is 14.6. The van der Waals surface area contributed by atoms with Crippen molar-refractivity contribution in [1.29, 1.82) is 0 Å². The molecule has 0 saturated heterocycles.